The number of hydrogen-bond acceptors (Lipinski definition) is 2. The van der Waals surface area contributed by atoms with Crippen molar-refractivity contribution in [1.29, 1.82) is 0 Å². The van der Waals surface area contributed by atoms with Crippen LogP contribution in [0.25, 0.3) is 0 Å². The molecule has 0 atom stereocenters. The van der Waals surface area contributed by atoms with E-state index in [0.717, 1.165) is 19.0 Å². The average molecular weight is 200 g/mol. The van der Waals surface area contributed by atoms with Crippen LogP contribution < -0.4 is 5.32 Å². The molecule has 0 unspecified atom stereocenters. The lowest BCUT2D eigenvalue weighted by Gasteiger charge is -2.22. The van der Waals surface area contributed by atoms with Crippen LogP contribution in [0.15, 0.2) is 0 Å². The summed E-state index contributed by atoms with van der Waals surface area (Å²) in [5.41, 5.74) is 0. The Labute approximate surface area is 90.1 Å². The van der Waals surface area contributed by atoms with Crippen LogP contribution in [0, 0.1) is 5.92 Å². The zero-order chi connectivity index (χ0) is 11.0. The molecule has 0 rings (SSSR count). The van der Waals surface area contributed by atoms with Crippen molar-refractivity contribution in [2.45, 2.75) is 46.6 Å². The van der Waals surface area contributed by atoms with Crippen molar-refractivity contribution in [3.05, 3.63) is 0 Å². The molecular weight excluding hydrogens is 172 g/mol. The molecule has 2 nitrogen and oxygen atoms in total. The van der Waals surface area contributed by atoms with Crippen molar-refractivity contribution >= 4 is 0 Å². The third-order valence-corrected chi connectivity index (χ3v) is 2.77. The van der Waals surface area contributed by atoms with E-state index in [1.54, 1.807) is 0 Å². The fraction of sp³-hybridized carbons (Fsp3) is 1.00. The Kier molecular flexibility index (Phi) is 8.20. The minimum absolute atomic E-state index is 0.608. The Balaban J connectivity index is 3.48. The van der Waals surface area contributed by atoms with E-state index in [1.165, 1.54) is 19.4 Å². The lowest BCUT2D eigenvalue weighted by atomic mass is 10.0. The zero-order valence-corrected chi connectivity index (χ0v) is 10.6. The first-order valence-electron chi connectivity index (χ1n) is 6.02. The van der Waals surface area contributed by atoms with Gasteiger partial charge in [-0.3, -0.25) is 0 Å². The van der Waals surface area contributed by atoms with Gasteiger partial charge < -0.3 is 10.2 Å². The molecule has 0 aromatic heterocycles. The highest BCUT2D eigenvalue weighted by molar-refractivity contribution is 4.62. The Bertz CT molecular complexity index is 119. The molecule has 0 fully saturated rings. The van der Waals surface area contributed by atoms with Gasteiger partial charge in [0.25, 0.3) is 0 Å². The lowest BCUT2D eigenvalue weighted by Crippen LogP contribution is -2.35. The average Bonchev–Trinajstić information content (AvgIpc) is 2.13. The smallest absolute Gasteiger partial charge is 0.0104 e. The fourth-order valence-corrected chi connectivity index (χ4v) is 1.62. The van der Waals surface area contributed by atoms with Crippen LogP contribution in [0.2, 0.25) is 0 Å². The monoisotopic (exact) mass is 200 g/mol. The zero-order valence-electron chi connectivity index (χ0n) is 10.6. The molecule has 0 aromatic carbocycles. The van der Waals surface area contributed by atoms with E-state index in [0.29, 0.717) is 6.04 Å². The predicted octanol–water partition coefficient (Wildman–Crippen LogP) is 2.35. The minimum Gasteiger partial charge on any atom is -0.313 e. The highest BCUT2D eigenvalue weighted by atomic mass is 15.1. The first-order valence-corrected chi connectivity index (χ1v) is 6.02. The number of likely N-dealkylation sites (N-methyl/N-ethyl adjacent to an activating group) is 1. The minimum atomic E-state index is 0.608. The van der Waals surface area contributed by atoms with Crippen molar-refractivity contribution in [2.24, 2.45) is 5.92 Å². The van der Waals surface area contributed by atoms with Gasteiger partial charge in [-0.1, -0.05) is 40.5 Å². The van der Waals surface area contributed by atoms with Crippen LogP contribution in [0.5, 0.6) is 0 Å². The quantitative estimate of drug-likeness (QED) is 0.647. The summed E-state index contributed by atoms with van der Waals surface area (Å²) < 4.78 is 0. The van der Waals surface area contributed by atoms with Gasteiger partial charge >= 0.3 is 0 Å². The maximum absolute atomic E-state index is 3.44. The topological polar surface area (TPSA) is 15.3 Å². The van der Waals surface area contributed by atoms with E-state index in [9.17, 15) is 0 Å². The van der Waals surface area contributed by atoms with Crippen molar-refractivity contribution in [2.75, 3.05) is 26.7 Å². The van der Waals surface area contributed by atoms with Crippen LogP contribution in [-0.2, 0) is 0 Å². The molecule has 0 aliphatic carbocycles. The van der Waals surface area contributed by atoms with Crippen LogP contribution in [0.1, 0.15) is 40.5 Å². The Morgan fingerprint density at radius 2 is 1.71 bits per heavy atom. The van der Waals surface area contributed by atoms with Crippen molar-refractivity contribution in [1.82, 2.24) is 10.2 Å². The van der Waals surface area contributed by atoms with Crippen LogP contribution >= 0.6 is 0 Å². The molecule has 1 N–H and O–H groups in total. The van der Waals surface area contributed by atoms with E-state index >= 15 is 0 Å². The molecule has 0 heterocycles. The molecule has 0 aliphatic rings. The molecule has 0 aliphatic heterocycles. The number of nitrogens with one attached hydrogen (secondary N) is 1. The van der Waals surface area contributed by atoms with Gasteiger partial charge in [-0.05, 0) is 13.0 Å². The maximum atomic E-state index is 3.44. The molecule has 0 saturated heterocycles. The van der Waals surface area contributed by atoms with Gasteiger partial charge in [0.15, 0.2) is 0 Å². The van der Waals surface area contributed by atoms with Gasteiger partial charge in [-0.25, -0.2) is 0 Å². The Hall–Kier alpha value is -0.0800. The first kappa shape index (κ1) is 13.9. The summed E-state index contributed by atoms with van der Waals surface area (Å²) in [4.78, 5) is 2.44. The molecule has 2 heteroatoms. The van der Waals surface area contributed by atoms with Gasteiger partial charge in [0.1, 0.15) is 0 Å². The van der Waals surface area contributed by atoms with Crippen molar-refractivity contribution in [3.63, 3.8) is 0 Å². The second-order valence-corrected chi connectivity index (χ2v) is 4.55. The van der Waals surface area contributed by atoms with Gasteiger partial charge in [-0.15, -0.1) is 0 Å². The molecule has 0 aromatic rings. The molecule has 86 valence electrons. The summed E-state index contributed by atoms with van der Waals surface area (Å²) >= 11 is 0. The molecule has 0 bridgehead atoms. The van der Waals surface area contributed by atoms with Gasteiger partial charge in [-0.2, -0.15) is 0 Å². The molecular formula is C12H28N2. The standard InChI is InChI=1S/C12H28N2/c1-6-12(7-2)10-14(5)9-8-13-11(3)4/h11-13H,6-10H2,1-5H3. The van der Waals surface area contributed by atoms with Crippen LogP contribution in [-0.4, -0.2) is 37.6 Å². The normalized spacial score (nSPS) is 12.0. The number of nitrogens with zero attached hydrogens (tertiary/aromatic N) is 1. The number of hydrogen-bond donors (Lipinski definition) is 1. The molecule has 0 saturated carbocycles. The molecule has 14 heavy (non-hydrogen) atoms. The first-order chi connectivity index (χ1) is 6.60. The maximum Gasteiger partial charge on any atom is 0.0104 e. The summed E-state index contributed by atoms with van der Waals surface area (Å²) in [6.45, 7) is 12.5. The second kappa shape index (κ2) is 8.25. The highest BCUT2D eigenvalue weighted by Gasteiger charge is 2.06. The third kappa shape index (κ3) is 7.34. The van der Waals surface area contributed by atoms with Crippen LogP contribution in [0.4, 0.5) is 0 Å². The summed E-state index contributed by atoms with van der Waals surface area (Å²) in [5, 5.41) is 3.44. The third-order valence-electron chi connectivity index (χ3n) is 2.77. The predicted molar refractivity (Wildman–Crippen MR) is 64.7 cm³/mol. The largest absolute Gasteiger partial charge is 0.313 e. The van der Waals surface area contributed by atoms with E-state index in [-0.39, 0.29) is 0 Å². The van der Waals surface area contributed by atoms with Crippen LogP contribution in [0.3, 0.4) is 0 Å². The van der Waals surface area contributed by atoms with Gasteiger partial charge in [0.2, 0.25) is 0 Å². The van der Waals surface area contributed by atoms with E-state index in [1.807, 2.05) is 0 Å². The van der Waals surface area contributed by atoms with Crippen molar-refractivity contribution in [3.8, 4) is 0 Å². The summed E-state index contributed by atoms with van der Waals surface area (Å²) in [6, 6.07) is 0.608. The molecule has 0 radical (unpaired) electrons. The highest BCUT2D eigenvalue weighted by Crippen LogP contribution is 2.08. The molecule has 0 amide bonds. The Morgan fingerprint density at radius 3 is 2.14 bits per heavy atom. The summed E-state index contributed by atoms with van der Waals surface area (Å²) in [6.07, 6.45) is 2.61. The SMILES string of the molecule is CCC(CC)CN(C)CCNC(C)C. The molecule has 0 spiro atoms. The fourth-order valence-electron chi connectivity index (χ4n) is 1.62. The van der Waals surface area contributed by atoms with E-state index < -0.39 is 0 Å². The number of rotatable bonds is 8. The van der Waals surface area contributed by atoms with Gasteiger partial charge in [0, 0.05) is 25.7 Å². The lowest BCUT2D eigenvalue weighted by molar-refractivity contribution is 0.264. The summed E-state index contributed by atoms with van der Waals surface area (Å²) in [7, 11) is 2.22. The van der Waals surface area contributed by atoms with E-state index in [2.05, 4.69) is 45.0 Å². The van der Waals surface area contributed by atoms with E-state index in [4.69, 9.17) is 0 Å². The second-order valence-electron chi connectivity index (χ2n) is 4.55. The van der Waals surface area contributed by atoms with Crippen molar-refractivity contribution < 1.29 is 0 Å². The van der Waals surface area contributed by atoms with Gasteiger partial charge in [0.05, 0.1) is 0 Å². The summed E-state index contributed by atoms with van der Waals surface area (Å²) in [5.74, 6) is 0.874. The Morgan fingerprint density at radius 1 is 1.14 bits per heavy atom.